The van der Waals surface area contributed by atoms with E-state index in [1.54, 1.807) is 36.3 Å². The second kappa shape index (κ2) is 8.36. The molecule has 0 aliphatic carbocycles. The van der Waals surface area contributed by atoms with E-state index in [0.717, 1.165) is 5.56 Å². The zero-order valence-corrected chi connectivity index (χ0v) is 11.4. The number of carboxylic acids is 1. The molecule has 0 aromatic carbocycles. The predicted octanol–water partition coefficient (Wildman–Crippen LogP) is 1.09. The lowest BCUT2D eigenvalue weighted by atomic mass is 10.2. The summed E-state index contributed by atoms with van der Waals surface area (Å²) in [5.74, 6) is -0.338. The summed E-state index contributed by atoms with van der Waals surface area (Å²) in [6.45, 7) is 0.337. The lowest BCUT2D eigenvalue weighted by Gasteiger charge is -2.14. The fourth-order valence-corrected chi connectivity index (χ4v) is 1.86. The minimum absolute atomic E-state index is 0.337. The third-order valence-electron chi connectivity index (χ3n) is 2.42. The van der Waals surface area contributed by atoms with E-state index in [4.69, 9.17) is 5.11 Å². The Kier molecular flexibility index (Phi) is 6.73. The maximum atomic E-state index is 11.6. The summed E-state index contributed by atoms with van der Waals surface area (Å²) in [6, 6.07) is 2.22. The van der Waals surface area contributed by atoms with Crippen molar-refractivity contribution in [2.75, 3.05) is 12.0 Å². The smallest absolute Gasteiger partial charge is 0.326 e. The highest BCUT2D eigenvalue weighted by atomic mass is 32.2. The molecule has 7 heteroatoms. The van der Waals surface area contributed by atoms with Crippen LogP contribution in [0, 0.1) is 0 Å². The summed E-state index contributed by atoms with van der Waals surface area (Å²) in [4.78, 5) is 26.4. The summed E-state index contributed by atoms with van der Waals surface area (Å²) in [5.41, 5.74) is 0.904. The summed E-state index contributed by atoms with van der Waals surface area (Å²) in [7, 11) is 0. The molecule has 3 N–H and O–H groups in total. The number of thioether (sulfide) groups is 1. The number of rotatable bonds is 7. The molecule has 0 fully saturated rings. The van der Waals surface area contributed by atoms with E-state index >= 15 is 0 Å². The summed E-state index contributed by atoms with van der Waals surface area (Å²) >= 11 is 1.54. The van der Waals surface area contributed by atoms with Gasteiger partial charge in [0, 0.05) is 18.9 Å². The Bertz CT molecular complexity index is 414. The predicted molar refractivity (Wildman–Crippen MR) is 74.0 cm³/mol. The van der Waals surface area contributed by atoms with Crippen LogP contribution in [0.5, 0.6) is 0 Å². The van der Waals surface area contributed by atoms with Crippen molar-refractivity contribution in [3.8, 4) is 0 Å². The lowest BCUT2D eigenvalue weighted by Crippen LogP contribution is -2.46. The number of hydrogen-bond donors (Lipinski definition) is 3. The Hall–Kier alpha value is -1.76. The molecule has 104 valence electrons. The highest BCUT2D eigenvalue weighted by molar-refractivity contribution is 7.98. The Balaban J connectivity index is 2.38. The van der Waals surface area contributed by atoms with Crippen LogP contribution in [0.3, 0.4) is 0 Å². The van der Waals surface area contributed by atoms with Gasteiger partial charge in [0.2, 0.25) is 0 Å². The molecule has 0 aliphatic heterocycles. The van der Waals surface area contributed by atoms with Crippen molar-refractivity contribution < 1.29 is 14.7 Å². The Morgan fingerprint density at radius 1 is 1.42 bits per heavy atom. The quantitative estimate of drug-likeness (QED) is 0.696. The molecular weight excluding hydrogens is 266 g/mol. The Labute approximate surface area is 116 Å². The highest BCUT2D eigenvalue weighted by Crippen LogP contribution is 2.01. The fourth-order valence-electron chi connectivity index (χ4n) is 1.39. The maximum Gasteiger partial charge on any atom is 0.326 e. The average molecular weight is 283 g/mol. The van der Waals surface area contributed by atoms with Crippen molar-refractivity contribution in [1.29, 1.82) is 0 Å². The summed E-state index contributed by atoms with van der Waals surface area (Å²) < 4.78 is 0. The molecule has 1 heterocycles. The minimum atomic E-state index is -1.02. The van der Waals surface area contributed by atoms with Crippen LogP contribution in [0.4, 0.5) is 4.79 Å². The van der Waals surface area contributed by atoms with Gasteiger partial charge in [-0.05, 0) is 36.1 Å². The monoisotopic (exact) mass is 283 g/mol. The zero-order valence-electron chi connectivity index (χ0n) is 10.6. The Morgan fingerprint density at radius 2 is 2.11 bits per heavy atom. The maximum absolute atomic E-state index is 11.6. The largest absolute Gasteiger partial charge is 0.480 e. The third kappa shape index (κ3) is 6.10. The van der Waals surface area contributed by atoms with Crippen LogP contribution in [0.2, 0.25) is 0 Å². The lowest BCUT2D eigenvalue weighted by molar-refractivity contribution is -0.139. The second-order valence-electron chi connectivity index (χ2n) is 3.85. The number of carbonyl (C=O) groups excluding carboxylic acids is 1. The number of carbonyl (C=O) groups is 2. The van der Waals surface area contributed by atoms with E-state index in [1.807, 2.05) is 6.26 Å². The fraction of sp³-hybridized carbons (Fsp3) is 0.417. The molecule has 1 aromatic heterocycles. The molecule has 0 radical (unpaired) electrons. The Morgan fingerprint density at radius 3 is 2.68 bits per heavy atom. The average Bonchev–Trinajstić information content (AvgIpc) is 2.42. The van der Waals surface area contributed by atoms with Crippen LogP contribution in [-0.4, -0.2) is 40.1 Å². The van der Waals surface area contributed by atoms with Crippen molar-refractivity contribution in [1.82, 2.24) is 15.6 Å². The van der Waals surface area contributed by atoms with Crippen LogP contribution in [0.25, 0.3) is 0 Å². The first-order valence-electron chi connectivity index (χ1n) is 5.78. The summed E-state index contributed by atoms with van der Waals surface area (Å²) in [6.07, 6.45) is 5.56. The van der Waals surface area contributed by atoms with Gasteiger partial charge in [-0.1, -0.05) is 0 Å². The van der Waals surface area contributed by atoms with E-state index in [9.17, 15) is 9.59 Å². The van der Waals surface area contributed by atoms with Gasteiger partial charge in [-0.2, -0.15) is 11.8 Å². The van der Waals surface area contributed by atoms with Crippen LogP contribution in [0.1, 0.15) is 12.0 Å². The molecule has 1 aromatic rings. The minimum Gasteiger partial charge on any atom is -0.480 e. The van der Waals surface area contributed by atoms with Gasteiger partial charge in [-0.15, -0.1) is 0 Å². The molecule has 0 saturated carbocycles. The normalized spacial score (nSPS) is 11.6. The van der Waals surface area contributed by atoms with Gasteiger partial charge in [-0.3, -0.25) is 4.98 Å². The number of aliphatic carboxylic acids is 1. The van der Waals surface area contributed by atoms with E-state index in [-0.39, 0.29) is 0 Å². The van der Waals surface area contributed by atoms with Gasteiger partial charge in [0.05, 0.1) is 0 Å². The number of nitrogens with zero attached hydrogens (tertiary/aromatic N) is 1. The van der Waals surface area contributed by atoms with Gasteiger partial charge in [0.15, 0.2) is 0 Å². The van der Waals surface area contributed by atoms with Crippen molar-refractivity contribution in [3.05, 3.63) is 30.1 Å². The van der Waals surface area contributed by atoms with Gasteiger partial charge in [0.25, 0.3) is 0 Å². The second-order valence-corrected chi connectivity index (χ2v) is 4.84. The zero-order chi connectivity index (χ0) is 14.1. The van der Waals surface area contributed by atoms with E-state index in [2.05, 4.69) is 15.6 Å². The number of pyridine rings is 1. The van der Waals surface area contributed by atoms with Gasteiger partial charge in [0.1, 0.15) is 6.04 Å². The first-order valence-corrected chi connectivity index (χ1v) is 7.18. The molecule has 0 saturated heterocycles. The summed E-state index contributed by atoms with van der Waals surface area (Å²) in [5, 5.41) is 14.0. The van der Waals surface area contributed by atoms with Crippen molar-refractivity contribution >= 4 is 23.8 Å². The van der Waals surface area contributed by atoms with Crippen molar-refractivity contribution in [2.45, 2.75) is 19.0 Å². The van der Waals surface area contributed by atoms with Gasteiger partial charge in [-0.25, -0.2) is 9.59 Å². The SMILES string of the molecule is CSCCC(NC(=O)NCc1ccncc1)C(=O)O. The van der Waals surface area contributed by atoms with Crippen molar-refractivity contribution in [3.63, 3.8) is 0 Å². The first-order chi connectivity index (χ1) is 9.13. The van der Waals surface area contributed by atoms with Crippen LogP contribution >= 0.6 is 11.8 Å². The number of urea groups is 1. The van der Waals surface area contributed by atoms with Crippen LogP contribution in [-0.2, 0) is 11.3 Å². The third-order valence-corrected chi connectivity index (χ3v) is 3.06. The van der Waals surface area contributed by atoms with E-state index in [0.29, 0.717) is 18.7 Å². The first kappa shape index (κ1) is 15.3. The highest BCUT2D eigenvalue weighted by Gasteiger charge is 2.18. The van der Waals surface area contributed by atoms with E-state index in [1.165, 1.54) is 0 Å². The number of nitrogens with one attached hydrogen (secondary N) is 2. The van der Waals surface area contributed by atoms with Crippen LogP contribution < -0.4 is 10.6 Å². The number of carboxylic acid groups (broad SMARTS) is 1. The van der Waals surface area contributed by atoms with Crippen molar-refractivity contribution in [2.24, 2.45) is 0 Å². The standard InChI is InChI=1S/C12H17N3O3S/c1-19-7-4-10(11(16)17)15-12(18)14-8-9-2-5-13-6-3-9/h2-3,5-6,10H,4,7-8H2,1H3,(H,16,17)(H2,14,15,18). The number of hydrogen-bond acceptors (Lipinski definition) is 4. The number of amides is 2. The molecule has 1 atom stereocenters. The topological polar surface area (TPSA) is 91.3 Å². The molecule has 1 rings (SSSR count). The molecule has 0 spiro atoms. The number of aromatic nitrogens is 1. The molecule has 6 nitrogen and oxygen atoms in total. The molecule has 2 amide bonds. The van der Waals surface area contributed by atoms with Crippen LogP contribution in [0.15, 0.2) is 24.5 Å². The van der Waals surface area contributed by atoms with Gasteiger partial charge < -0.3 is 15.7 Å². The molecule has 0 bridgehead atoms. The molecule has 19 heavy (non-hydrogen) atoms. The molecular formula is C12H17N3O3S. The molecule has 1 unspecified atom stereocenters. The van der Waals surface area contributed by atoms with E-state index < -0.39 is 18.0 Å². The van der Waals surface area contributed by atoms with Gasteiger partial charge >= 0.3 is 12.0 Å². The molecule has 0 aliphatic rings.